The van der Waals surface area contributed by atoms with Gasteiger partial charge in [0.1, 0.15) is 0 Å². The topological polar surface area (TPSA) is 3.24 Å². The molecule has 1 nitrogen and oxygen atoms in total. The molecular formula is C12H27N. The SMILES string of the molecule is CCCC(C)(CCC(C)C)N(C)C. The minimum Gasteiger partial charge on any atom is -0.304 e. The van der Waals surface area contributed by atoms with Crippen LogP contribution in [0.4, 0.5) is 0 Å². The Morgan fingerprint density at radius 3 is 2.00 bits per heavy atom. The van der Waals surface area contributed by atoms with Gasteiger partial charge in [-0.25, -0.2) is 0 Å². The molecule has 0 N–H and O–H groups in total. The molecule has 0 aliphatic carbocycles. The fraction of sp³-hybridized carbons (Fsp3) is 1.00. The first kappa shape index (κ1) is 13.0. The summed E-state index contributed by atoms with van der Waals surface area (Å²) in [5.41, 5.74) is 0.416. The van der Waals surface area contributed by atoms with Crippen LogP contribution in [-0.4, -0.2) is 24.5 Å². The van der Waals surface area contributed by atoms with Crippen molar-refractivity contribution in [2.45, 2.75) is 58.9 Å². The lowest BCUT2D eigenvalue weighted by atomic mass is 9.87. The van der Waals surface area contributed by atoms with Gasteiger partial charge < -0.3 is 4.90 Å². The molecule has 13 heavy (non-hydrogen) atoms. The zero-order valence-corrected chi connectivity index (χ0v) is 10.4. The lowest BCUT2D eigenvalue weighted by molar-refractivity contribution is 0.138. The fourth-order valence-electron chi connectivity index (χ4n) is 1.71. The normalized spacial score (nSPS) is 16.6. The maximum atomic E-state index is 2.39. The second kappa shape index (κ2) is 5.64. The highest BCUT2D eigenvalue weighted by molar-refractivity contribution is 4.82. The van der Waals surface area contributed by atoms with Crippen LogP contribution >= 0.6 is 0 Å². The smallest absolute Gasteiger partial charge is 0.0175 e. The predicted octanol–water partition coefficient (Wildman–Crippen LogP) is 3.54. The van der Waals surface area contributed by atoms with Gasteiger partial charge in [0.15, 0.2) is 0 Å². The van der Waals surface area contributed by atoms with E-state index in [0.717, 1.165) is 5.92 Å². The second-order valence-corrected chi connectivity index (χ2v) is 5.07. The first-order valence-electron chi connectivity index (χ1n) is 5.60. The van der Waals surface area contributed by atoms with Crippen molar-refractivity contribution in [2.24, 2.45) is 5.92 Å². The zero-order valence-electron chi connectivity index (χ0n) is 10.4. The van der Waals surface area contributed by atoms with Crippen molar-refractivity contribution in [2.75, 3.05) is 14.1 Å². The summed E-state index contributed by atoms with van der Waals surface area (Å²) in [5, 5.41) is 0. The van der Waals surface area contributed by atoms with E-state index in [1.165, 1.54) is 25.7 Å². The quantitative estimate of drug-likeness (QED) is 0.612. The van der Waals surface area contributed by atoms with Gasteiger partial charge in [0.2, 0.25) is 0 Å². The summed E-state index contributed by atoms with van der Waals surface area (Å²) in [7, 11) is 4.41. The molecule has 80 valence electrons. The van der Waals surface area contributed by atoms with Crippen molar-refractivity contribution in [1.29, 1.82) is 0 Å². The van der Waals surface area contributed by atoms with Crippen LogP contribution in [0.1, 0.15) is 53.4 Å². The minimum absolute atomic E-state index is 0.416. The molecule has 0 aliphatic rings. The molecule has 0 saturated heterocycles. The maximum Gasteiger partial charge on any atom is 0.0175 e. The summed E-state index contributed by atoms with van der Waals surface area (Å²) in [6.45, 7) is 9.28. The third kappa shape index (κ3) is 4.66. The average Bonchev–Trinajstić information content (AvgIpc) is 2.01. The van der Waals surface area contributed by atoms with E-state index in [1.807, 2.05) is 0 Å². The van der Waals surface area contributed by atoms with Gasteiger partial charge in [0.05, 0.1) is 0 Å². The van der Waals surface area contributed by atoms with Crippen molar-refractivity contribution in [3.8, 4) is 0 Å². The van der Waals surface area contributed by atoms with E-state index in [-0.39, 0.29) is 0 Å². The Morgan fingerprint density at radius 2 is 1.69 bits per heavy atom. The van der Waals surface area contributed by atoms with Crippen molar-refractivity contribution < 1.29 is 0 Å². The van der Waals surface area contributed by atoms with E-state index in [1.54, 1.807) is 0 Å². The van der Waals surface area contributed by atoms with Gasteiger partial charge in [-0.05, 0) is 46.2 Å². The minimum atomic E-state index is 0.416. The van der Waals surface area contributed by atoms with E-state index >= 15 is 0 Å². The van der Waals surface area contributed by atoms with Crippen molar-refractivity contribution in [3.63, 3.8) is 0 Å². The summed E-state index contributed by atoms with van der Waals surface area (Å²) in [6.07, 6.45) is 5.26. The second-order valence-electron chi connectivity index (χ2n) is 5.07. The molecule has 1 atom stereocenters. The molecule has 0 aromatic heterocycles. The van der Waals surface area contributed by atoms with E-state index in [9.17, 15) is 0 Å². The molecule has 0 bridgehead atoms. The van der Waals surface area contributed by atoms with Gasteiger partial charge in [0, 0.05) is 5.54 Å². The van der Waals surface area contributed by atoms with Crippen LogP contribution in [0.25, 0.3) is 0 Å². The summed E-state index contributed by atoms with van der Waals surface area (Å²) in [5.74, 6) is 0.830. The molecule has 0 aliphatic heterocycles. The molecular weight excluding hydrogens is 158 g/mol. The molecule has 0 heterocycles. The van der Waals surface area contributed by atoms with Crippen molar-refractivity contribution in [3.05, 3.63) is 0 Å². The Morgan fingerprint density at radius 1 is 1.15 bits per heavy atom. The summed E-state index contributed by atoms with van der Waals surface area (Å²) >= 11 is 0. The standard InChI is InChI=1S/C12H27N/c1-7-9-12(4,13(5)6)10-8-11(2)3/h11H,7-10H2,1-6H3. The molecule has 0 radical (unpaired) electrons. The highest BCUT2D eigenvalue weighted by atomic mass is 15.1. The summed E-state index contributed by atoms with van der Waals surface area (Å²) < 4.78 is 0. The zero-order chi connectivity index (χ0) is 10.5. The Hall–Kier alpha value is -0.0400. The lowest BCUT2D eigenvalue weighted by Crippen LogP contribution is -2.41. The number of nitrogens with zero attached hydrogens (tertiary/aromatic N) is 1. The Balaban J connectivity index is 4.07. The molecule has 0 saturated carbocycles. The van der Waals surface area contributed by atoms with E-state index in [2.05, 4.69) is 46.7 Å². The first-order valence-corrected chi connectivity index (χ1v) is 5.60. The number of hydrogen-bond donors (Lipinski definition) is 0. The third-order valence-electron chi connectivity index (χ3n) is 3.13. The summed E-state index contributed by atoms with van der Waals surface area (Å²) in [6, 6.07) is 0. The van der Waals surface area contributed by atoms with Crippen LogP contribution in [0.5, 0.6) is 0 Å². The molecule has 0 fully saturated rings. The largest absolute Gasteiger partial charge is 0.304 e. The van der Waals surface area contributed by atoms with Gasteiger partial charge in [0.25, 0.3) is 0 Å². The van der Waals surface area contributed by atoms with Crippen LogP contribution in [0.2, 0.25) is 0 Å². The van der Waals surface area contributed by atoms with Crippen LogP contribution in [0.3, 0.4) is 0 Å². The summed E-state index contributed by atoms with van der Waals surface area (Å²) in [4.78, 5) is 2.39. The van der Waals surface area contributed by atoms with Crippen LogP contribution in [0, 0.1) is 5.92 Å². The van der Waals surface area contributed by atoms with Crippen molar-refractivity contribution in [1.82, 2.24) is 4.90 Å². The Labute approximate surface area is 84.5 Å². The highest BCUT2D eigenvalue weighted by Crippen LogP contribution is 2.26. The molecule has 0 spiro atoms. The predicted molar refractivity (Wildman–Crippen MR) is 61.1 cm³/mol. The van der Waals surface area contributed by atoms with E-state index < -0.39 is 0 Å². The maximum absolute atomic E-state index is 2.39. The Kier molecular flexibility index (Phi) is 5.62. The van der Waals surface area contributed by atoms with Gasteiger partial charge in [-0.3, -0.25) is 0 Å². The van der Waals surface area contributed by atoms with Crippen LogP contribution in [0.15, 0.2) is 0 Å². The van der Waals surface area contributed by atoms with Gasteiger partial charge in [-0.15, -0.1) is 0 Å². The molecule has 0 aromatic carbocycles. The van der Waals surface area contributed by atoms with Crippen LogP contribution < -0.4 is 0 Å². The molecule has 1 unspecified atom stereocenters. The van der Waals surface area contributed by atoms with Crippen molar-refractivity contribution >= 4 is 0 Å². The van der Waals surface area contributed by atoms with Crippen LogP contribution in [-0.2, 0) is 0 Å². The first-order chi connectivity index (χ1) is 5.92. The lowest BCUT2D eigenvalue weighted by Gasteiger charge is -2.37. The average molecular weight is 185 g/mol. The monoisotopic (exact) mass is 185 g/mol. The molecule has 0 amide bonds. The van der Waals surface area contributed by atoms with Gasteiger partial charge in [-0.1, -0.05) is 27.2 Å². The number of rotatable bonds is 6. The van der Waals surface area contributed by atoms with Gasteiger partial charge >= 0.3 is 0 Å². The Bertz CT molecular complexity index is 129. The molecule has 0 rings (SSSR count). The number of hydrogen-bond acceptors (Lipinski definition) is 1. The molecule has 1 heteroatoms. The molecule has 0 aromatic rings. The highest BCUT2D eigenvalue weighted by Gasteiger charge is 2.25. The van der Waals surface area contributed by atoms with E-state index in [4.69, 9.17) is 0 Å². The fourth-order valence-corrected chi connectivity index (χ4v) is 1.71. The van der Waals surface area contributed by atoms with E-state index in [0.29, 0.717) is 5.54 Å². The van der Waals surface area contributed by atoms with Gasteiger partial charge in [-0.2, -0.15) is 0 Å². The third-order valence-corrected chi connectivity index (χ3v) is 3.13.